The lowest BCUT2D eigenvalue weighted by Gasteiger charge is -2.22. The van der Waals surface area contributed by atoms with Gasteiger partial charge in [0, 0.05) is 31.8 Å². The molecule has 0 aliphatic carbocycles. The van der Waals surface area contributed by atoms with Crippen LogP contribution in [0.4, 0.5) is 0 Å². The number of sulfonamides is 1. The molecular weight excluding hydrogens is 322 g/mol. The van der Waals surface area contributed by atoms with Crippen LogP contribution in [0.15, 0.2) is 34.0 Å². The molecule has 3 heterocycles. The number of hydrogen-bond donors (Lipinski definition) is 0. The zero-order valence-electron chi connectivity index (χ0n) is 12.4. The lowest BCUT2D eigenvalue weighted by Crippen LogP contribution is -2.35. The molecule has 0 fully saturated rings. The fourth-order valence-corrected chi connectivity index (χ4v) is 5.24. The Kier molecular flexibility index (Phi) is 4.62. The molecule has 8 heteroatoms. The molecule has 1 aliphatic heterocycles. The number of thiophene rings is 1. The second-order valence-electron chi connectivity index (χ2n) is 5.26. The third kappa shape index (κ3) is 3.10. The van der Waals surface area contributed by atoms with Gasteiger partial charge < -0.3 is 4.74 Å². The summed E-state index contributed by atoms with van der Waals surface area (Å²) in [5.41, 5.74) is 0.916. The van der Waals surface area contributed by atoms with Crippen LogP contribution in [0.3, 0.4) is 0 Å². The van der Waals surface area contributed by atoms with Crippen molar-refractivity contribution < 1.29 is 13.2 Å². The molecule has 0 radical (unpaired) electrons. The molecule has 3 rings (SSSR count). The van der Waals surface area contributed by atoms with E-state index >= 15 is 0 Å². The molecule has 120 valence electrons. The largest absolute Gasteiger partial charge is 0.381 e. The van der Waals surface area contributed by atoms with Gasteiger partial charge in [-0.2, -0.15) is 9.40 Å². The normalized spacial score (nSPS) is 19.8. The van der Waals surface area contributed by atoms with Crippen molar-refractivity contribution in [2.75, 3.05) is 19.8 Å². The van der Waals surface area contributed by atoms with Gasteiger partial charge in [0.05, 0.1) is 18.8 Å². The average molecular weight is 341 g/mol. The molecule has 0 saturated carbocycles. The second kappa shape index (κ2) is 6.49. The van der Waals surface area contributed by atoms with E-state index in [1.165, 1.54) is 11.3 Å². The summed E-state index contributed by atoms with van der Waals surface area (Å²) in [6.45, 7) is 4.58. The quantitative estimate of drug-likeness (QED) is 0.832. The Morgan fingerprint density at radius 3 is 3.00 bits per heavy atom. The van der Waals surface area contributed by atoms with Crippen molar-refractivity contribution in [1.82, 2.24) is 14.1 Å². The third-order valence-corrected chi connectivity index (χ3v) is 6.87. The molecule has 0 spiro atoms. The second-order valence-corrected chi connectivity index (χ2v) is 8.37. The zero-order valence-corrected chi connectivity index (χ0v) is 14.0. The van der Waals surface area contributed by atoms with E-state index < -0.39 is 10.0 Å². The zero-order chi connectivity index (χ0) is 15.6. The van der Waals surface area contributed by atoms with E-state index in [1.807, 2.05) is 17.7 Å². The molecule has 6 nitrogen and oxygen atoms in total. The summed E-state index contributed by atoms with van der Waals surface area (Å²) in [5, 5.41) is 6.08. The first-order valence-corrected chi connectivity index (χ1v) is 9.55. The smallest absolute Gasteiger partial charge is 0.252 e. The number of fused-ring (bicyclic) bond motifs is 1. The Morgan fingerprint density at radius 2 is 2.27 bits per heavy atom. The minimum absolute atomic E-state index is 0.0934. The van der Waals surface area contributed by atoms with E-state index in [9.17, 15) is 8.42 Å². The van der Waals surface area contributed by atoms with Gasteiger partial charge in [0.25, 0.3) is 10.0 Å². The molecule has 2 aromatic rings. The predicted molar refractivity (Wildman–Crippen MR) is 84.1 cm³/mol. The molecule has 0 N–H and O–H groups in total. The minimum atomic E-state index is -3.47. The van der Waals surface area contributed by atoms with Crippen molar-refractivity contribution in [2.45, 2.75) is 24.2 Å². The van der Waals surface area contributed by atoms with Crippen molar-refractivity contribution in [3.63, 3.8) is 0 Å². The van der Waals surface area contributed by atoms with Crippen LogP contribution in [0.2, 0.25) is 0 Å². The lowest BCUT2D eigenvalue weighted by molar-refractivity contribution is 0.0966. The van der Waals surface area contributed by atoms with Crippen molar-refractivity contribution in [3.8, 4) is 0 Å². The molecule has 1 unspecified atom stereocenters. The highest BCUT2D eigenvalue weighted by Gasteiger charge is 2.31. The van der Waals surface area contributed by atoms with Gasteiger partial charge in [-0.15, -0.1) is 11.3 Å². The Bertz CT molecular complexity index is 710. The van der Waals surface area contributed by atoms with Gasteiger partial charge in [0.1, 0.15) is 4.21 Å². The summed E-state index contributed by atoms with van der Waals surface area (Å²) >= 11 is 1.25. The first-order chi connectivity index (χ1) is 10.6. The number of ether oxygens (including phenoxy) is 1. The van der Waals surface area contributed by atoms with Crippen molar-refractivity contribution in [1.29, 1.82) is 0 Å². The Balaban J connectivity index is 1.90. The van der Waals surface area contributed by atoms with Crippen LogP contribution >= 0.6 is 11.3 Å². The maximum Gasteiger partial charge on any atom is 0.252 e. The molecule has 0 aromatic carbocycles. The molecule has 22 heavy (non-hydrogen) atoms. The van der Waals surface area contributed by atoms with Gasteiger partial charge in [0.15, 0.2) is 0 Å². The molecule has 0 bridgehead atoms. The Morgan fingerprint density at radius 1 is 1.41 bits per heavy atom. The Labute approximate surface area is 134 Å². The number of hydrogen-bond acceptors (Lipinski definition) is 5. The van der Waals surface area contributed by atoms with E-state index in [1.54, 1.807) is 28.0 Å². The number of aromatic nitrogens is 2. The highest BCUT2D eigenvalue weighted by molar-refractivity contribution is 7.91. The molecule has 1 aliphatic rings. The minimum Gasteiger partial charge on any atom is -0.381 e. The van der Waals surface area contributed by atoms with Crippen molar-refractivity contribution >= 4 is 21.4 Å². The van der Waals surface area contributed by atoms with E-state index in [4.69, 9.17) is 4.74 Å². The topological polar surface area (TPSA) is 64.4 Å². The van der Waals surface area contributed by atoms with Gasteiger partial charge in [-0.25, -0.2) is 8.42 Å². The van der Waals surface area contributed by atoms with Gasteiger partial charge in [-0.1, -0.05) is 6.07 Å². The van der Waals surface area contributed by atoms with Crippen LogP contribution in [0.25, 0.3) is 0 Å². The maximum absolute atomic E-state index is 12.8. The van der Waals surface area contributed by atoms with Gasteiger partial charge in [-0.3, -0.25) is 4.68 Å². The van der Waals surface area contributed by atoms with Crippen LogP contribution in [-0.4, -0.2) is 42.3 Å². The molecule has 0 saturated heterocycles. The van der Waals surface area contributed by atoms with E-state index in [0.717, 1.165) is 5.69 Å². The summed E-state index contributed by atoms with van der Waals surface area (Å²) in [6.07, 6.45) is 1.72. The summed E-state index contributed by atoms with van der Waals surface area (Å²) < 4.78 is 35.0. The summed E-state index contributed by atoms with van der Waals surface area (Å²) in [6, 6.07) is 5.29. The van der Waals surface area contributed by atoms with Crippen LogP contribution in [0, 0.1) is 5.92 Å². The molecule has 1 atom stereocenters. The molecule has 2 aromatic heterocycles. The molecular formula is C14H19N3O3S2. The first kappa shape index (κ1) is 15.7. The summed E-state index contributed by atoms with van der Waals surface area (Å²) in [7, 11) is -3.47. The monoisotopic (exact) mass is 341 g/mol. The maximum atomic E-state index is 12.8. The van der Waals surface area contributed by atoms with Crippen LogP contribution in [0.5, 0.6) is 0 Å². The average Bonchev–Trinajstić information content (AvgIpc) is 3.14. The van der Waals surface area contributed by atoms with Crippen LogP contribution in [-0.2, 0) is 27.8 Å². The lowest BCUT2D eigenvalue weighted by atomic mass is 10.1. The summed E-state index contributed by atoms with van der Waals surface area (Å²) in [4.78, 5) is 0. The van der Waals surface area contributed by atoms with Crippen molar-refractivity contribution in [2.24, 2.45) is 5.92 Å². The Hall–Kier alpha value is -1.22. The summed E-state index contributed by atoms with van der Waals surface area (Å²) in [5.74, 6) is 0.0934. The van der Waals surface area contributed by atoms with Gasteiger partial charge in [0.2, 0.25) is 0 Å². The predicted octanol–water partition coefficient (Wildman–Crippen LogP) is 1.80. The van der Waals surface area contributed by atoms with Gasteiger partial charge in [-0.05, 0) is 24.4 Å². The van der Waals surface area contributed by atoms with Crippen molar-refractivity contribution in [3.05, 3.63) is 35.5 Å². The van der Waals surface area contributed by atoms with E-state index in [0.29, 0.717) is 37.1 Å². The molecule has 0 amide bonds. The van der Waals surface area contributed by atoms with E-state index in [-0.39, 0.29) is 5.92 Å². The highest BCUT2D eigenvalue weighted by atomic mass is 32.2. The fraction of sp³-hybridized carbons (Fsp3) is 0.500. The fourth-order valence-electron chi connectivity index (χ4n) is 2.60. The van der Waals surface area contributed by atoms with Crippen LogP contribution in [0.1, 0.15) is 12.6 Å². The number of rotatable bonds is 5. The first-order valence-electron chi connectivity index (χ1n) is 7.23. The number of nitrogens with zero attached hydrogens (tertiary/aromatic N) is 3. The highest BCUT2D eigenvalue weighted by Crippen LogP contribution is 2.26. The SMILES string of the molecule is CCOCC1CN(S(=O)(=O)c2cccs2)Cc2ccnn2C1. The third-order valence-electron chi connectivity index (χ3n) is 3.68. The standard InChI is InChI=1S/C14H19N3O3S2/c1-2-20-11-12-8-16(10-13-5-6-15-17(13)9-12)22(18,19)14-4-3-7-21-14/h3-7,12H,2,8-11H2,1H3. The van der Waals surface area contributed by atoms with E-state index in [2.05, 4.69) is 5.10 Å². The van der Waals surface area contributed by atoms with Crippen LogP contribution < -0.4 is 0 Å². The van der Waals surface area contributed by atoms with Gasteiger partial charge >= 0.3 is 0 Å².